The Labute approximate surface area is 118 Å². The molecule has 1 aromatic carbocycles. The van der Waals surface area contributed by atoms with Crippen LogP contribution in [-0.4, -0.2) is 16.8 Å². The van der Waals surface area contributed by atoms with Crippen molar-refractivity contribution in [2.45, 2.75) is 31.5 Å². The van der Waals surface area contributed by atoms with E-state index in [4.69, 9.17) is 10.2 Å². The molecule has 0 radical (unpaired) electrons. The first kappa shape index (κ1) is 12.9. The molecular weight excluding hydrogens is 252 g/mol. The Morgan fingerprint density at radius 1 is 1.25 bits per heavy atom. The number of nitrogens with two attached hydrogens (primary N) is 1. The molecule has 1 aliphatic carbocycles. The fraction of sp³-hybridized carbons (Fsp3) is 0.312. The molecule has 4 nitrogen and oxygen atoms in total. The van der Waals surface area contributed by atoms with E-state index in [1.165, 1.54) is 0 Å². The van der Waals surface area contributed by atoms with E-state index in [1.807, 2.05) is 47.4 Å². The van der Waals surface area contributed by atoms with Crippen LogP contribution < -0.4 is 5.73 Å². The van der Waals surface area contributed by atoms with Gasteiger partial charge in [-0.1, -0.05) is 30.3 Å². The van der Waals surface area contributed by atoms with Crippen LogP contribution in [0.4, 0.5) is 0 Å². The van der Waals surface area contributed by atoms with Crippen molar-refractivity contribution < 1.29 is 9.21 Å². The summed E-state index contributed by atoms with van der Waals surface area (Å²) in [5, 5.41) is 0. The molecule has 1 aromatic heterocycles. The van der Waals surface area contributed by atoms with E-state index < -0.39 is 6.04 Å². The van der Waals surface area contributed by atoms with Gasteiger partial charge in [0.2, 0.25) is 5.91 Å². The van der Waals surface area contributed by atoms with Crippen LogP contribution in [0.3, 0.4) is 0 Å². The molecule has 1 saturated carbocycles. The molecule has 20 heavy (non-hydrogen) atoms. The van der Waals surface area contributed by atoms with Crippen molar-refractivity contribution in [1.29, 1.82) is 0 Å². The normalized spacial score (nSPS) is 15.8. The minimum Gasteiger partial charge on any atom is -0.467 e. The number of benzene rings is 1. The van der Waals surface area contributed by atoms with Crippen LogP contribution in [0.2, 0.25) is 0 Å². The van der Waals surface area contributed by atoms with Gasteiger partial charge in [0.1, 0.15) is 11.8 Å². The van der Waals surface area contributed by atoms with Gasteiger partial charge in [-0.05, 0) is 30.5 Å². The van der Waals surface area contributed by atoms with E-state index in [9.17, 15) is 4.79 Å². The monoisotopic (exact) mass is 270 g/mol. The Bertz CT molecular complexity index is 561. The number of rotatable bonds is 5. The van der Waals surface area contributed by atoms with Gasteiger partial charge in [-0.25, -0.2) is 0 Å². The molecule has 1 unspecified atom stereocenters. The van der Waals surface area contributed by atoms with E-state index in [1.54, 1.807) is 6.26 Å². The number of hydrogen-bond donors (Lipinski definition) is 1. The van der Waals surface area contributed by atoms with Crippen molar-refractivity contribution in [3.05, 3.63) is 60.1 Å². The molecule has 1 amide bonds. The van der Waals surface area contributed by atoms with Gasteiger partial charge in [-0.3, -0.25) is 4.79 Å². The maximum absolute atomic E-state index is 12.6. The third kappa shape index (κ3) is 2.75. The van der Waals surface area contributed by atoms with E-state index in [0.717, 1.165) is 24.2 Å². The third-order valence-electron chi connectivity index (χ3n) is 3.60. The zero-order valence-electron chi connectivity index (χ0n) is 11.2. The van der Waals surface area contributed by atoms with Crippen molar-refractivity contribution in [2.75, 3.05) is 0 Å². The number of nitrogens with zero attached hydrogens (tertiary/aromatic N) is 1. The molecule has 1 heterocycles. The summed E-state index contributed by atoms with van der Waals surface area (Å²) in [6, 6.07) is 12.9. The topological polar surface area (TPSA) is 59.5 Å². The van der Waals surface area contributed by atoms with Gasteiger partial charge in [0.15, 0.2) is 0 Å². The summed E-state index contributed by atoms with van der Waals surface area (Å²) in [5.41, 5.74) is 6.96. The van der Waals surface area contributed by atoms with E-state index in [2.05, 4.69) is 0 Å². The summed E-state index contributed by atoms with van der Waals surface area (Å²) in [6.45, 7) is 0.497. The van der Waals surface area contributed by atoms with Crippen molar-refractivity contribution in [1.82, 2.24) is 4.90 Å². The van der Waals surface area contributed by atoms with Gasteiger partial charge in [-0.15, -0.1) is 0 Å². The average Bonchev–Trinajstić information content (AvgIpc) is 3.21. The number of carbonyl (C=O) groups excluding carboxylic acids is 1. The molecule has 2 aromatic rings. The number of amides is 1. The lowest BCUT2D eigenvalue weighted by Crippen LogP contribution is -2.39. The highest BCUT2D eigenvalue weighted by Gasteiger charge is 2.35. The van der Waals surface area contributed by atoms with Gasteiger partial charge in [0.05, 0.1) is 12.8 Å². The van der Waals surface area contributed by atoms with Gasteiger partial charge in [-0.2, -0.15) is 0 Å². The summed E-state index contributed by atoms with van der Waals surface area (Å²) >= 11 is 0. The highest BCUT2D eigenvalue weighted by Crippen LogP contribution is 2.30. The van der Waals surface area contributed by atoms with E-state index in [-0.39, 0.29) is 5.91 Å². The first-order valence-electron chi connectivity index (χ1n) is 6.89. The molecule has 0 spiro atoms. The molecule has 4 heteroatoms. The Morgan fingerprint density at radius 3 is 2.60 bits per heavy atom. The molecule has 1 atom stereocenters. The average molecular weight is 270 g/mol. The lowest BCUT2D eigenvalue weighted by atomic mass is 10.1. The minimum absolute atomic E-state index is 0.0323. The highest BCUT2D eigenvalue weighted by molar-refractivity contribution is 5.83. The number of hydrogen-bond acceptors (Lipinski definition) is 3. The standard InChI is InChI=1S/C16H18N2O2/c17-15(12-5-2-1-3-6-12)16(19)18(13-8-9-13)11-14-7-4-10-20-14/h1-7,10,13,15H,8-9,11,17H2. The van der Waals surface area contributed by atoms with Gasteiger partial charge in [0, 0.05) is 6.04 Å². The van der Waals surface area contributed by atoms with E-state index in [0.29, 0.717) is 12.6 Å². The Kier molecular flexibility index (Phi) is 3.56. The fourth-order valence-corrected chi connectivity index (χ4v) is 2.33. The summed E-state index contributed by atoms with van der Waals surface area (Å²) in [6.07, 6.45) is 3.73. The maximum atomic E-state index is 12.6. The van der Waals surface area contributed by atoms with Crippen molar-refractivity contribution in [3.8, 4) is 0 Å². The summed E-state index contributed by atoms with van der Waals surface area (Å²) in [4.78, 5) is 14.5. The summed E-state index contributed by atoms with van der Waals surface area (Å²) < 4.78 is 5.34. The molecule has 1 fully saturated rings. The van der Waals surface area contributed by atoms with Crippen molar-refractivity contribution in [2.24, 2.45) is 5.73 Å². The molecule has 104 valence electrons. The van der Waals surface area contributed by atoms with Gasteiger partial charge >= 0.3 is 0 Å². The largest absolute Gasteiger partial charge is 0.467 e. The number of furan rings is 1. The summed E-state index contributed by atoms with van der Waals surface area (Å²) in [5.74, 6) is 0.764. The van der Waals surface area contributed by atoms with Crippen LogP contribution in [0.15, 0.2) is 53.1 Å². The smallest absolute Gasteiger partial charge is 0.244 e. The second kappa shape index (κ2) is 5.51. The van der Waals surface area contributed by atoms with Crippen LogP contribution in [0.25, 0.3) is 0 Å². The van der Waals surface area contributed by atoms with Gasteiger partial charge < -0.3 is 15.1 Å². The molecule has 0 saturated heterocycles. The van der Waals surface area contributed by atoms with Crippen molar-refractivity contribution in [3.63, 3.8) is 0 Å². The number of carbonyl (C=O) groups is 1. The molecule has 3 rings (SSSR count). The molecule has 1 aliphatic rings. The zero-order valence-corrected chi connectivity index (χ0v) is 11.2. The minimum atomic E-state index is -0.605. The van der Waals surface area contributed by atoms with Gasteiger partial charge in [0.25, 0.3) is 0 Å². The zero-order chi connectivity index (χ0) is 13.9. The predicted octanol–water partition coefficient (Wildman–Crippen LogP) is 2.47. The quantitative estimate of drug-likeness (QED) is 0.908. The predicted molar refractivity (Wildman–Crippen MR) is 75.7 cm³/mol. The molecule has 2 N–H and O–H groups in total. The molecule has 0 bridgehead atoms. The van der Waals surface area contributed by atoms with Crippen LogP contribution in [0.1, 0.15) is 30.2 Å². The molecular formula is C16H18N2O2. The maximum Gasteiger partial charge on any atom is 0.244 e. The Balaban J connectivity index is 1.75. The molecule has 0 aliphatic heterocycles. The van der Waals surface area contributed by atoms with Crippen LogP contribution in [0.5, 0.6) is 0 Å². The van der Waals surface area contributed by atoms with Crippen LogP contribution >= 0.6 is 0 Å². The lowest BCUT2D eigenvalue weighted by molar-refractivity contribution is -0.134. The van der Waals surface area contributed by atoms with E-state index >= 15 is 0 Å². The fourth-order valence-electron chi connectivity index (χ4n) is 2.33. The summed E-state index contributed by atoms with van der Waals surface area (Å²) in [7, 11) is 0. The lowest BCUT2D eigenvalue weighted by Gasteiger charge is -2.25. The van der Waals surface area contributed by atoms with Crippen LogP contribution in [-0.2, 0) is 11.3 Å². The first-order valence-corrected chi connectivity index (χ1v) is 6.89. The second-order valence-electron chi connectivity index (χ2n) is 5.17. The highest BCUT2D eigenvalue weighted by atomic mass is 16.3. The first-order chi connectivity index (χ1) is 9.75. The van der Waals surface area contributed by atoms with Crippen molar-refractivity contribution >= 4 is 5.91 Å². The SMILES string of the molecule is NC(C(=O)N(Cc1ccco1)C1CC1)c1ccccc1. The Morgan fingerprint density at radius 2 is 2.00 bits per heavy atom. The third-order valence-corrected chi connectivity index (χ3v) is 3.60. The second-order valence-corrected chi connectivity index (χ2v) is 5.17. The van der Waals surface area contributed by atoms with Crippen LogP contribution in [0, 0.1) is 0 Å². The Hall–Kier alpha value is -2.07.